The molecule has 2 aromatic heterocycles. The van der Waals surface area contributed by atoms with Gasteiger partial charge in [-0.3, -0.25) is 4.79 Å². The highest BCUT2D eigenvalue weighted by atomic mass is 16.1. The van der Waals surface area contributed by atoms with E-state index >= 15 is 0 Å². The highest BCUT2D eigenvalue weighted by Crippen LogP contribution is 2.17. The van der Waals surface area contributed by atoms with Crippen LogP contribution in [-0.2, 0) is 6.42 Å². The first-order valence-corrected chi connectivity index (χ1v) is 9.99. The number of pyridine rings is 2. The van der Waals surface area contributed by atoms with Gasteiger partial charge in [-0.25, -0.2) is 9.97 Å². The molecule has 0 atom stereocenters. The Morgan fingerprint density at radius 3 is 2.14 bits per heavy atom. The minimum absolute atomic E-state index is 0.0834. The van der Waals surface area contributed by atoms with E-state index in [0.717, 1.165) is 44.2 Å². The van der Waals surface area contributed by atoms with E-state index in [9.17, 15) is 4.79 Å². The summed E-state index contributed by atoms with van der Waals surface area (Å²) in [6.45, 7) is 4.18. The van der Waals surface area contributed by atoms with Gasteiger partial charge in [-0.15, -0.1) is 0 Å². The summed E-state index contributed by atoms with van der Waals surface area (Å²) in [6.07, 6.45) is 4.31. The van der Waals surface area contributed by atoms with Crippen LogP contribution in [0.4, 0.5) is 11.6 Å². The summed E-state index contributed by atoms with van der Waals surface area (Å²) >= 11 is 0. The maximum absolute atomic E-state index is 12.3. The highest BCUT2D eigenvalue weighted by molar-refractivity contribution is 5.94. The van der Waals surface area contributed by atoms with Crippen LogP contribution in [0.15, 0.2) is 73.1 Å². The van der Waals surface area contributed by atoms with Gasteiger partial charge in [0.1, 0.15) is 11.6 Å². The van der Waals surface area contributed by atoms with Crippen LogP contribution < -0.4 is 15.1 Å². The van der Waals surface area contributed by atoms with Crippen molar-refractivity contribution in [2.75, 3.05) is 42.5 Å². The van der Waals surface area contributed by atoms with E-state index in [0.29, 0.717) is 12.1 Å². The summed E-state index contributed by atoms with van der Waals surface area (Å²) in [6, 6.07) is 19.9. The number of piperazine rings is 1. The topological polar surface area (TPSA) is 61.4 Å². The molecule has 0 unspecified atom stereocenters. The lowest BCUT2D eigenvalue weighted by molar-refractivity contribution is 0.0954. The molecule has 1 fully saturated rings. The predicted molar refractivity (Wildman–Crippen MR) is 115 cm³/mol. The highest BCUT2D eigenvalue weighted by Gasteiger charge is 2.19. The van der Waals surface area contributed by atoms with Crippen molar-refractivity contribution >= 4 is 17.5 Å². The number of anilines is 2. The predicted octanol–water partition coefficient (Wildman–Crippen LogP) is 2.78. The average Bonchev–Trinajstić information content (AvgIpc) is 2.80. The third-order valence-electron chi connectivity index (χ3n) is 5.13. The van der Waals surface area contributed by atoms with Crippen LogP contribution >= 0.6 is 0 Å². The second-order valence-corrected chi connectivity index (χ2v) is 7.06. The van der Waals surface area contributed by atoms with Gasteiger partial charge in [0.05, 0.1) is 5.56 Å². The molecule has 4 rings (SSSR count). The third kappa shape index (κ3) is 4.90. The van der Waals surface area contributed by atoms with Gasteiger partial charge < -0.3 is 15.1 Å². The van der Waals surface area contributed by atoms with Crippen molar-refractivity contribution in [3.63, 3.8) is 0 Å². The summed E-state index contributed by atoms with van der Waals surface area (Å²) in [5.41, 5.74) is 1.81. The molecule has 0 radical (unpaired) electrons. The lowest BCUT2D eigenvalue weighted by Crippen LogP contribution is -2.47. The number of carbonyl (C=O) groups excluding carboxylic acids is 1. The molecule has 1 amide bonds. The molecule has 0 bridgehead atoms. The van der Waals surface area contributed by atoms with E-state index < -0.39 is 0 Å². The van der Waals surface area contributed by atoms with Crippen LogP contribution in [0.5, 0.6) is 0 Å². The summed E-state index contributed by atoms with van der Waals surface area (Å²) in [4.78, 5) is 25.8. The third-order valence-corrected chi connectivity index (χ3v) is 5.13. The van der Waals surface area contributed by atoms with Crippen molar-refractivity contribution in [2.45, 2.75) is 6.42 Å². The zero-order chi connectivity index (χ0) is 19.9. The maximum Gasteiger partial charge on any atom is 0.252 e. The monoisotopic (exact) mass is 387 g/mol. The second kappa shape index (κ2) is 9.19. The van der Waals surface area contributed by atoms with Crippen molar-refractivity contribution < 1.29 is 4.79 Å². The molecule has 1 aliphatic heterocycles. The Bertz CT molecular complexity index is 907. The lowest BCUT2D eigenvalue weighted by Gasteiger charge is -2.36. The van der Waals surface area contributed by atoms with Crippen LogP contribution in [0.25, 0.3) is 0 Å². The van der Waals surface area contributed by atoms with E-state index in [1.54, 1.807) is 6.20 Å². The molecule has 3 heterocycles. The van der Waals surface area contributed by atoms with Gasteiger partial charge >= 0.3 is 0 Å². The molecular formula is C23H25N5O. The summed E-state index contributed by atoms with van der Waals surface area (Å²) in [5.74, 6) is 1.84. The number of rotatable bonds is 6. The molecule has 0 aliphatic carbocycles. The largest absolute Gasteiger partial charge is 0.353 e. The van der Waals surface area contributed by atoms with E-state index in [-0.39, 0.29) is 5.91 Å². The first-order valence-electron chi connectivity index (χ1n) is 9.99. The molecule has 0 saturated carbocycles. The number of benzene rings is 1. The van der Waals surface area contributed by atoms with Crippen molar-refractivity contribution in [3.05, 3.63) is 84.2 Å². The van der Waals surface area contributed by atoms with Crippen LogP contribution in [0.3, 0.4) is 0 Å². The maximum atomic E-state index is 12.3. The van der Waals surface area contributed by atoms with E-state index in [4.69, 9.17) is 0 Å². The fourth-order valence-electron chi connectivity index (χ4n) is 3.48. The summed E-state index contributed by atoms with van der Waals surface area (Å²) < 4.78 is 0. The zero-order valence-corrected chi connectivity index (χ0v) is 16.4. The van der Waals surface area contributed by atoms with Crippen molar-refractivity contribution in [3.8, 4) is 0 Å². The number of carbonyl (C=O) groups is 1. The van der Waals surface area contributed by atoms with Crippen LogP contribution in [0, 0.1) is 0 Å². The standard InChI is InChI=1S/C23H25N5O/c29-23(25-13-11-19-6-2-1-3-7-19)20-9-10-22(26-18-20)28-16-14-27(15-17-28)21-8-4-5-12-24-21/h1-10,12,18H,11,13-17H2,(H,25,29). The molecule has 6 heteroatoms. The molecule has 0 spiro atoms. The Morgan fingerprint density at radius 1 is 0.828 bits per heavy atom. The van der Waals surface area contributed by atoms with Crippen molar-refractivity contribution in [2.24, 2.45) is 0 Å². The fraction of sp³-hybridized carbons (Fsp3) is 0.261. The molecule has 3 aromatic rings. The molecule has 1 N–H and O–H groups in total. The fourth-order valence-corrected chi connectivity index (χ4v) is 3.48. The van der Waals surface area contributed by atoms with Crippen molar-refractivity contribution in [1.29, 1.82) is 0 Å². The molecule has 1 aromatic carbocycles. The van der Waals surface area contributed by atoms with Gasteiger partial charge in [-0.2, -0.15) is 0 Å². The van der Waals surface area contributed by atoms with Crippen LogP contribution in [0.2, 0.25) is 0 Å². The van der Waals surface area contributed by atoms with Gasteiger partial charge in [0.2, 0.25) is 0 Å². The Hall–Kier alpha value is -3.41. The Balaban J connectivity index is 1.27. The number of amides is 1. The van der Waals surface area contributed by atoms with Crippen molar-refractivity contribution in [1.82, 2.24) is 15.3 Å². The Morgan fingerprint density at radius 2 is 1.52 bits per heavy atom. The SMILES string of the molecule is O=C(NCCc1ccccc1)c1ccc(N2CCN(c3ccccn3)CC2)nc1. The van der Waals surface area contributed by atoms with Gasteiger partial charge in [-0.05, 0) is 36.2 Å². The van der Waals surface area contributed by atoms with E-state index in [1.807, 2.05) is 54.7 Å². The number of nitrogens with zero attached hydrogens (tertiary/aromatic N) is 4. The minimum Gasteiger partial charge on any atom is -0.353 e. The molecule has 29 heavy (non-hydrogen) atoms. The van der Waals surface area contributed by atoms with Crippen LogP contribution in [-0.4, -0.2) is 48.6 Å². The Kier molecular flexibility index (Phi) is 6.00. The first kappa shape index (κ1) is 18.9. The lowest BCUT2D eigenvalue weighted by atomic mass is 10.1. The van der Waals surface area contributed by atoms with Crippen LogP contribution in [0.1, 0.15) is 15.9 Å². The Labute approximate surface area is 171 Å². The summed E-state index contributed by atoms with van der Waals surface area (Å²) in [7, 11) is 0. The normalized spacial score (nSPS) is 13.9. The summed E-state index contributed by atoms with van der Waals surface area (Å²) in [5, 5.41) is 2.96. The minimum atomic E-state index is -0.0834. The molecule has 1 aliphatic rings. The molecular weight excluding hydrogens is 362 g/mol. The zero-order valence-electron chi connectivity index (χ0n) is 16.4. The van der Waals surface area contributed by atoms with Gasteiger partial charge in [0.15, 0.2) is 0 Å². The number of hydrogen-bond acceptors (Lipinski definition) is 5. The number of aromatic nitrogens is 2. The van der Waals surface area contributed by atoms with Gasteiger partial charge in [0.25, 0.3) is 5.91 Å². The van der Waals surface area contributed by atoms with E-state index in [1.165, 1.54) is 5.56 Å². The quantitative estimate of drug-likeness (QED) is 0.705. The molecule has 148 valence electrons. The van der Waals surface area contributed by atoms with Gasteiger partial charge in [-0.1, -0.05) is 36.4 Å². The number of nitrogens with one attached hydrogen (secondary N) is 1. The number of hydrogen-bond donors (Lipinski definition) is 1. The van der Waals surface area contributed by atoms with E-state index in [2.05, 4.69) is 37.2 Å². The smallest absolute Gasteiger partial charge is 0.252 e. The first-order chi connectivity index (χ1) is 14.3. The van der Waals surface area contributed by atoms with Gasteiger partial charge in [0, 0.05) is 45.1 Å². The molecule has 6 nitrogen and oxygen atoms in total. The second-order valence-electron chi connectivity index (χ2n) is 7.06. The average molecular weight is 387 g/mol. The molecule has 1 saturated heterocycles.